The van der Waals surface area contributed by atoms with Crippen molar-refractivity contribution < 1.29 is 58.2 Å². The van der Waals surface area contributed by atoms with Crippen LogP contribution in [-0.2, 0) is 42.9 Å². The van der Waals surface area contributed by atoms with E-state index >= 15 is 0 Å². The molecule has 12 heteroatoms. The lowest BCUT2D eigenvalue weighted by Crippen LogP contribution is -2.61. The van der Waals surface area contributed by atoms with Crippen LogP contribution in [0.1, 0.15) is 278 Å². The van der Waals surface area contributed by atoms with Crippen LogP contribution in [0.15, 0.2) is 97.2 Å². The molecule has 1 fully saturated rings. The van der Waals surface area contributed by atoms with E-state index < -0.39 is 67.3 Å². The summed E-state index contributed by atoms with van der Waals surface area (Å²) in [6.45, 7) is 5.78. The zero-order chi connectivity index (χ0) is 60.3. The van der Waals surface area contributed by atoms with Crippen molar-refractivity contribution in [3.8, 4) is 0 Å². The monoisotopic (exact) mass is 1160 g/mol. The van der Waals surface area contributed by atoms with Crippen LogP contribution < -0.4 is 0 Å². The van der Waals surface area contributed by atoms with Crippen molar-refractivity contribution in [3.05, 3.63) is 97.2 Å². The maximum Gasteiger partial charge on any atom is 0.335 e. The Bertz CT molecular complexity index is 1810. The van der Waals surface area contributed by atoms with Crippen molar-refractivity contribution in [3.63, 3.8) is 0 Å². The van der Waals surface area contributed by atoms with E-state index in [1.807, 2.05) is 0 Å². The van der Waals surface area contributed by atoms with E-state index in [-0.39, 0.29) is 25.9 Å². The lowest BCUT2D eigenvalue weighted by atomic mass is 9.98. The molecular formula is C71H118O12. The Labute approximate surface area is 504 Å². The second-order valence-electron chi connectivity index (χ2n) is 22.3. The number of esters is 3. The van der Waals surface area contributed by atoms with Crippen LogP contribution in [0.25, 0.3) is 0 Å². The van der Waals surface area contributed by atoms with Gasteiger partial charge >= 0.3 is 23.9 Å². The minimum atomic E-state index is -1.92. The quantitative estimate of drug-likeness (QED) is 0.0228. The maximum absolute atomic E-state index is 13.2. The zero-order valence-corrected chi connectivity index (χ0v) is 52.4. The SMILES string of the molecule is CC/C=C\C/C=C\C/C=C\C/C=C\CCCCCCCCC(=O)OC1C(OCC(COC(=O)CCCCCC/C=C\C/C=C\C/C=C\C/C=C\CC)OC(=O)CCCCCCCCCCCCCCCCCCC)OC(C(=O)O)C(O)C1O. The number of carbonyl (C=O) groups excluding carboxylic acids is 3. The Morgan fingerprint density at radius 1 is 0.410 bits per heavy atom. The summed E-state index contributed by atoms with van der Waals surface area (Å²) < 4.78 is 28.5. The van der Waals surface area contributed by atoms with E-state index in [0.29, 0.717) is 19.3 Å². The Balaban J connectivity index is 2.67. The largest absolute Gasteiger partial charge is 0.479 e. The van der Waals surface area contributed by atoms with Gasteiger partial charge in [0.2, 0.25) is 0 Å². The van der Waals surface area contributed by atoms with Crippen LogP contribution >= 0.6 is 0 Å². The minimum Gasteiger partial charge on any atom is -0.479 e. The van der Waals surface area contributed by atoms with E-state index in [1.165, 1.54) is 83.5 Å². The van der Waals surface area contributed by atoms with Crippen molar-refractivity contribution >= 4 is 23.9 Å². The molecule has 474 valence electrons. The smallest absolute Gasteiger partial charge is 0.335 e. The van der Waals surface area contributed by atoms with Crippen LogP contribution in [0, 0.1) is 0 Å². The topological polar surface area (TPSA) is 175 Å². The molecule has 0 spiro atoms. The van der Waals surface area contributed by atoms with Crippen molar-refractivity contribution in [2.45, 2.75) is 314 Å². The van der Waals surface area contributed by atoms with Gasteiger partial charge in [-0.1, -0.05) is 259 Å². The number of rotatable bonds is 56. The number of carboxylic acid groups (broad SMARTS) is 1. The number of ether oxygens (including phenoxy) is 5. The molecule has 1 aliphatic rings. The molecule has 0 aromatic rings. The van der Waals surface area contributed by atoms with E-state index in [0.717, 1.165) is 135 Å². The van der Waals surface area contributed by atoms with E-state index in [9.17, 15) is 34.5 Å². The fourth-order valence-electron chi connectivity index (χ4n) is 9.65. The number of carboxylic acids is 1. The number of unbranched alkanes of at least 4 members (excludes halogenated alkanes) is 26. The molecular weight excluding hydrogens is 1040 g/mol. The molecule has 6 atom stereocenters. The molecule has 0 saturated carbocycles. The van der Waals surface area contributed by atoms with Crippen molar-refractivity contribution in [2.75, 3.05) is 13.2 Å². The molecule has 83 heavy (non-hydrogen) atoms. The van der Waals surface area contributed by atoms with Gasteiger partial charge in [-0.3, -0.25) is 14.4 Å². The highest BCUT2D eigenvalue weighted by molar-refractivity contribution is 5.74. The molecule has 1 rings (SSSR count). The highest BCUT2D eigenvalue weighted by atomic mass is 16.7. The van der Waals surface area contributed by atoms with E-state index in [1.54, 1.807) is 0 Å². The first-order valence-corrected chi connectivity index (χ1v) is 33.2. The molecule has 6 unspecified atom stereocenters. The standard InChI is InChI=1S/C71H118O12/c1-4-7-10-13-16-19-22-25-28-31-32-35-38-41-44-47-50-53-56-59-65(74)82-69-67(76)66(75)68(70(77)78)83-71(69)80-61-62(81-64(73)58-55-52-49-46-43-40-37-34-30-27-24-21-18-15-12-9-6-3)60-79-63(72)57-54-51-48-45-42-39-36-33-29-26-23-20-17-14-11-8-5-2/h7-8,10-11,16-17,19-20,25-26,28-29,32,35-36,39,62,66-69,71,75-76H,4-6,9,12-15,18,21-24,27,30-31,33-34,37-38,40-61H2,1-3H3,(H,77,78)/b10-7-,11-8-,19-16-,20-17-,28-25-,29-26-,35-32-,39-36-. The summed E-state index contributed by atoms with van der Waals surface area (Å²) in [4.78, 5) is 51.4. The first-order chi connectivity index (χ1) is 40.6. The van der Waals surface area contributed by atoms with Gasteiger partial charge in [0.05, 0.1) is 6.61 Å². The molecule has 1 saturated heterocycles. The molecule has 1 aliphatic heterocycles. The third-order valence-corrected chi connectivity index (χ3v) is 14.7. The Hall–Kier alpha value is -4.36. The number of hydrogen-bond acceptors (Lipinski definition) is 11. The third kappa shape index (κ3) is 47.6. The van der Waals surface area contributed by atoms with Gasteiger partial charge in [-0.25, -0.2) is 4.79 Å². The number of aliphatic hydroxyl groups excluding tert-OH is 2. The fraction of sp³-hybridized carbons (Fsp3) is 0.718. The van der Waals surface area contributed by atoms with Gasteiger partial charge in [-0.05, 0) is 96.3 Å². The van der Waals surface area contributed by atoms with E-state index in [2.05, 4.69) is 118 Å². The van der Waals surface area contributed by atoms with Crippen molar-refractivity contribution in [1.82, 2.24) is 0 Å². The van der Waals surface area contributed by atoms with Gasteiger partial charge in [-0.2, -0.15) is 0 Å². The number of aliphatic hydroxyl groups is 2. The molecule has 0 aromatic carbocycles. The summed E-state index contributed by atoms with van der Waals surface area (Å²) >= 11 is 0. The van der Waals surface area contributed by atoms with Gasteiger partial charge in [0.25, 0.3) is 0 Å². The van der Waals surface area contributed by atoms with Crippen LogP contribution in [-0.4, -0.2) is 89.2 Å². The molecule has 0 radical (unpaired) electrons. The maximum atomic E-state index is 13.2. The first-order valence-electron chi connectivity index (χ1n) is 33.2. The average molecular weight is 1160 g/mol. The normalized spacial score (nSPS) is 18.2. The Morgan fingerprint density at radius 3 is 1.16 bits per heavy atom. The van der Waals surface area contributed by atoms with Gasteiger partial charge in [0.15, 0.2) is 24.6 Å². The minimum absolute atomic E-state index is 0.0389. The summed E-state index contributed by atoms with van der Waals surface area (Å²) in [5.74, 6) is -3.16. The molecule has 0 amide bonds. The predicted molar refractivity (Wildman–Crippen MR) is 340 cm³/mol. The number of allylic oxidation sites excluding steroid dienone is 16. The van der Waals surface area contributed by atoms with E-state index in [4.69, 9.17) is 23.7 Å². The second-order valence-corrected chi connectivity index (χ2v) is 22.3. The third-order valence-electron chi connectivity index (χ3n) is 14.7. The predicted octanol–water partition coefficient (Wildman–Crippen LogP) is 18.0. The number of carbonyl (C=O) groups is 4. The molecule has 0 bridgehead atoms. The van der Waals surface area contributed by atoms with Gasteiger partial charge in [0, 0.05) is 19.3 Å². The summed E-state index contributed by atoms with van der Waals surface area (Å²) in [6, 6.07) is 0. The molecule has 12 nitrogen and oxygen atoms in total. The summed E-state index contributed by atoms with van der Waals surface area (Å²) in [5.41, 5.74) is 0. The van der Waals surface area contributed by atoms with Crippen molar-refractivity contribution in [2.24, 2.45) is 0 Å². The van der Waals surface area contributed by atoms with Crippen LogP contribution in [0.3, 0.4) is 0 Å². The van der Waals surface area contributed by atoms with Crippen molar-refractivity contribution in [1.29, 1.82) is 0 Å². The highest BCUT2D eigenvalue weighted by Crippen LogP contribution is 2.27. The van der Waals surface area contributed by atoms with Crippen LogP contribution in [0.5, 0.6) is 0 Å². The van der Waals surface area contributed by atoms with Gasteiger partial charge in [0.1, 0.15) is 18.8 Å². The first kappa shape index (κ1) is 76.7. The van der Waals surface area contributed by atoms with Gasteiger partial charge in [-0.15, -0.1) is 0 Å². The second kappa shape index (κ2) is 58.0. The molecule has 3 N–H and O–H groups in total. The Kier molecular flexibility index (Phi) is 53.6. The van der Waals surface area contributed by atoms with Crippen LogP contribution in [0.4, 0.5) is 0 Å². The summed E-state index contributed by atoms with van der Waals surface area (Å²) in [5, 5.41) is 31.6. The number of hydrogen-bond donors (Lipinski definition) is 3. The van der Waals surface area contributed by atoms with Crippen LogP contribution in [0.2, 0.25) is 0 Å². The number of aliphatic carboxylic acids is 1. The average Bonchev–Trinajstić information content (AvgIpc) is 3.55. The molecule has 0 aliphatic carbocycles. The summed E-state index contributed by atoms with van der Waals surface area (Å²) in [7, 11) is 0. The lowest BCUT2D eigenvalue weighted by molar-refractivity contribution is -0.301. The molecule has 1 heterocycles. The fourth-order valence-corrected chi connectivity index (χ4v) is 9.65. The highest BCUT2D eigenvalue weighted by Gasteiger charge is 2.50. The molecule has 0 aromatic heterocycles. The lowest BCUT2D eigenvalue weighted by Gasteiger charge is -2.40. The summed E-state index contributed by atoms with van der Waals surface area (Å²) in [6.07, 6.45) is 65.0. The van der Waals surface area contributed by atoms with Gasteiger partial charge < -0.3 is 39.0 Å². The Morgan fingerprint density at radius 2 is 0.759 bits per heavy atom. The zero-order valence-electron chi connectivity index (χ0n) is 52.4.